The van der Waals surface area contributed by atoms with Crippen molar-refractivity contribution in [1.82, 2.24) is 9.88 Å². The van der Waals surface area contributed by atoms with Crippen molar-refractivity contribution in [2.24, 2.45) is 0 Å². The van der Waals surface area contributed by atoms with Gasteiger partial charge in [-0.25, -0.2) is 4.79 Å². The molecule has 1 aromatic heterocycles. The number of aromatic amines is 1. The maximum absolute atomic E-state index is 11.3. The summed E-state index contributed by atoms with van der Waals surface area (Å²) in [6.07, 6.45) is -1.44. The highest BCUT2D eigenvalue weighted by Gasteiger charge is 2.30. The summed E-state index contributed by atoms with van der Waals surface area (Å²) in [7, 11) is 6.81. The molecular formula is C20H22N2O6. The van der Waals surface area contributed by atoms with Gasteiger partial charge in [-0.05, 0) is 38.4 Å². The zero-order valence-electron chi connectivity index (χ0n) is 16.0. The normalized spacial score (nSPS) is 12.2. The molecule has 0 saturated carbocycles. The predicted octanol–water partition coefficient (Wildman–Crippen LogP) is 3.60. The molecule has 0 radical (unpaired) electrons. The van der Waals surface area contributed by atoms with Crippen LogP contribution >= 0.6 is 0 Å². The quantitative estimate of drug-likeness (QED) is 0.556. The van der Waals surface area contributed by atoms with Gasteiger partial charge in [0, 0.05) is 22.0 Å². The van der Waals surface area contributed by atoms with Crippen molar-refractivity contribution in [3.63, 3.8) is 0 Å². The fourth-order valence-corrected chi connectivity index (χ4v) is 3.43. The van der Waals surface area contributed by atoms with E-state index in [0.29, 0.717) is 28.0 Å². The average Bonchev–Trinajstić information content (AvgIpc) is 2.98. The number of aromatic hydroxyl groups is 1. The third kappa shape index (κ3) is 3.41. The molecule has 8 heteroatoms. The molecule has 0 aliphatic carbocycles. The second-order valence-electron chi connectivity index (χ2n) is 6.41. The van der Waals surface area contributed by atoms with Crippen LogP contribution < -0.4 is 14.2 Å². The molecule has 0 fully saturated rings. The van der Waals surface area contributed by atoms with Crippen LogP contribution in [0.4, 0.5) is 4.79 Å². The third-order valence-corrected chi connectivity index (χ3v) is 4.49. The van der Waals surface area contributed by atoms with Gasteiger partial charge in [0.1, 0.15) is 5.75 Å². The van der Waals surface area contributed by atoms with Crippen molar-refractivity contribution in [2.75, 3.05) is 28.3 Å². The Hall–Kier alpha value is -3.39. The molecule has 28 heavy (non-hydrogen) atoms. The topological polar surface area (TPSA) is 104 Å². The minimum atomic E-state index is -1.44. The lowest BCUT2D eigenvalue weighted by Crippen LogP contribution is -2.22. The first kappa shape index (κ1) is 19.4. The number of para-hydroxylation sites is 1. The van der Waals surface area contributed by atoms with E-state index in [1.165, 1.54) is 6.07 Å². The highest BCUT2D eigenvalue weighted by molar-refractivity contribution is 5.89. The molecule has 3 aromatic rings. The summed E-state index contributed by atoms with van der Waals surface area (Å²) < 4.78 is 16.0. The molecule has 0 spiro atoms. The van der Waals surface area contributed by atoms with Crippen molar-refractivity contribution in [3.8, 4) is 23.1 Å². The maximum atomic E-state index is 11.3. The van der Waals surface area contributed by atoms with Crippen molar-refractivity contribution < 1.29 is 29.2 Å². The lowest BCUT2D eigenvalue weighted by Gasteiger charge is -2.27. The minimum absolute atomic E-state index is 0.0599. The Labute approximate surface area is 161 Å². The van der Waals surface area contributed by atoms with Crippen LogP contribution in [0, 0.1) is 0 Å². The van der Waals surface area contributed by atoms with Gasteiger partial charge < -0.3 is 29.4 Å². The van der Waals surface area contributed by atoms with Crippen LogP contribution in [-0.2, 0) is 0 Å². The third-order valence-electron chi connectivity index (χ3n) is 4.49. The number of nitrogens with one attached hydrogen (secondary N) is 1. The second kappa shape index (κ2) is 7.69. The number of hydrogen-bond donors (Lipinski definition) is 3. The highest BCUT2D eigenvalue weighted by Crippen LogP contribution is 2.45. The summed E-state index contributed by atoms with van der Waals surface area (Å²) >= 11 is 0. The number of fused-ring (bicyclic) bond motifs is 1. The smallest absolute Gasteiger partial charge is 0.508 e. The molecule has 8 nitrogen and oxygen atoms in total. The molecule has 3 rings (SSSR count). The van der Waals surface area contributed by atoms with Gasteiger partial charge in [0.2, 0.25) is 5.88 Å². The fourth-order valence-electron chi connectivity index (χ4n) is 3.43. The lowest BCUT2D eigenvalue weighted by atomic mass is 9.95. The molecule has 2 aromatic carbocycles. The number of carbonyl (C=O) groups is 1. The van der Waals surface area contributed by atoms with E-state index >= 15 is 0 Å². The first-order valence-electron chi connectivity index (χ1n) is 8.50. The first-order valence-corrected chi connectivity index (χ1v) is 8.50. The van der Waals surface area contributed by atoms with Crippen LogP contribution in [0.5, 0.6) is 23.1 Å². The summed E-state index contributed by atoms with van der Waals surface area (Å²) in [6, 6.07) is 9.79. The number of benzene rings is 2. The van der Waals surface area contributed by atoms with Crippen LogP contribution in [0.15, 0.2) is 36.4 Å². The van der Waals surface area contributed by atoms with Crippen molar-refractivity contribution >= 4 is 17.1 Å². The number of carboxylic acid groups (broad SMARTS) is 1. The van der Waals surface area contributed by atoms with Crippen molar-refractivity contribution in [2.45, 2.75) is 6.04 Å². The van der Waals surface area contributed by atoms with E-state index in [0.717, 1.165) is 5.56 Å². The van der Waals surface area contributed by atoms with E-state index in [4.69, 9.17) is 14.2 Å². The van der Waals surface area contributed by atoms with Crippen LogP contribution in [0.2, 0.25) is 0 Å². The molecule has 1 unspecified atom stereocenters. The monoisotopic (exact) mass is 386 g/mol. The molecule has 0 bridgehead atoms. The van der Waals surface area contributed by atoms with E-state index in [1.807, 2.05) is 31.1 Å². The second-order valence-corrected chi connectivity index (χ2v) is 6.41. The van der Waals surface area contributed by atoms with Gasteiger partial charge in [0.25, 0.3) is 0 Å². The molecule has 1 atom stereocenters. The van der Waals surface area contributed by atoms with E-state index in [2.05, 4.69) is 4.98 Å². The Kier molecular flexibility index (Phi) is 5.32. The number of nitrogens with zero attached hydrogens (tertiary/aromatic N) is 1. The lowest BCUT2D eigenvalue weighted by molar-refractivity contribution is 0.141. The number of methoxy groups -OCH3 is 2. The highest BCUT2D eigenvalue weighted by atomic mass is 16.7. The molecule has 0 saturated heterocycles. The average molecular weight is 386 g/mol. The Morgan fingerprint density at radius 3 is 2.50 bits per heavy atom. The van der Waals surface area contributed by atoms with Crippen LogP contribution in [0.3, 0.4) is 0 Å². The summed E-state index contributed by atoms with van der Waals surface area (Å²) in [4.78, 5) is 16.1. The van der Waals surface area contributed by atoms with Gasteiger partial charge in [0.05, 0.1) is 20.3 Å². The van der Waals surface area contributed by atoms with E-state index in [-0.39, 0.29) is 11.6 Å². The van der Waals surface area contributed by atoms with Gasteiger partial charge in [-0.3, -0.25) is 4.90 Å². The Bertz CT molecular complexity index is 1010. The molecule has 3 N–H and O–H groups in total. The Morgan fingerprint density at radius 1 is 1.14 bits per heavy atom. The zero-order chi connectivity index (χ0) is 20.4. The SMILES string of the molecule is COc1cccc(C(c2c(OC(=O)O)[nH]c3ccc(O)cc23)N(C)C)c1OC. The zero-order valence-corrected chi connectivity index (χ0v) is 16.0. The Morgan fingerprint density at radius 2 is 1.89 bits per heavy atom. The number of phenols is 1. The molecule has 0 aliphatic rings. The molecule has 1 heterocycles. The molecule has 0 aliphatic heterocycles. The summed E-state index contributed by atoms with van der Waals surface area (Å²) in [5, 5.41) is 19.8. The van der Waals surface area contributed by atoms with Gasteiger partial charge in [-0.2, -0.15) is 0 Å². The first-order chi connectivity index (χ1) is 13.4. The van der Waals surface area contributed by atoms with Gasteiger partial charge in [0.15, 0.2) is 11.5 Å². The van der Waals surface area contributed by atoms with Gasteiger partial charge in [-0.15, -0.1) is 0 Å². The van der Waals surface area contributed by atoms with Crippen LogP contribution in [0.25, 0.3) is 10.9 Å². The molecule has 0 amide bonds. The number of phenolic OH excluding ortho intramolecular Hbond substituents is 1. The van der Waals surface area contributed by atoms with Gasteiger partial charge >= 0.3 is 6.16 Å². The van der Waals surface area contributed by atoms with E-state index in [1.54, 1.807) is 32.4 Å². The van der Waals surface area contributed by atoms with E-state index < -0.39 is 12.2 Å². The number of aromatic nitrogens is 1. The van der Waals surface area contributed by atoms with Crippen LogP contribution in [-0.4, -0.2) is 54.6 Å². The number of H-pyrrole nitrogens is 1. The number of ether oxygens (including phenoxy) is 3. The fraction of sp³-hybridized carbons (Fsp3) is 0.250. The number of rotatable bonds is 6. The minimum Gasteiger partial charge on any atom is -0.508 e. The number of hydrogen-bond acceptors (Lipinski definition) is 6. The molecule has 148 valence electrons. The van der Waals surface area contributed by atoms with Crippen molar-refractivity contribution in [3.05, 3.63) is 47.5 Å². The summed E-state index contributed by atoms with van der Waals surface area (Å²) in [6.45, 7) is 0. The van der Waals surface area contributed by atoms with E-state index in [9.17, 15) is 15.0 Å². The maximum Gasteiger partial charge on any atom is 0.512 e. The van der Waals surface area contributed by atoms with Gasteiger partial charge in [-0.1, -0.05) is 12.1 Å². The molecular weight excluding hydrogens is 364 g/mol. The largest absolute Gasteiger partial charge is 0.512 e. The Balaban J connectivity index is 2.33. The van der Waals surface area contributed by atoms with Crippen molar-refractivity contribution in [1.29, 1.82) is 0 Å². The predicted molar refractivity (Wildman–Crippen MR) is 104 cm³/mol. The summed E-state index contributed by atoms with van der Waals surface area (Å²) in [5.74, 6) is 1.22. The standard InChI is InChI=1S/C20H22N2O6/c1-22(2)17(12-6-5-7-15(26-3)18(12)27-4)16-13-10-11(23)8-9-14(13)21-19(16)28-20(24)25/h5-10,17,21,23H,1-4H3,(H,24,25). The summed E-state index contributed by atoms with van der Waals surface area (Å²) in [5.41, 5.74) is 1.95. The van der Waals surface area contributed by atoms with Crippen LogP contribution in [0.1, 0.15) is 17.2 Å².